The highest BCUT2D eigenvalue weighted by atomic mass is 16.6. The molecule has 0 rings (SSSR count). The minimum Gasteiger partial charge on any atom is -0.546 e. The molecule has 2 unspecified atom stereocenters. The molecule has 0 radical (unpaired) electrons. The van der Waals surface area contributed by atoms with E-state index in [4.69, 9.17) is 4.74 Å². The van der Waals surface area contributed by atoms with Gasteiger partial charge in [0.15, 0.2) is 6.10 Å². The van der Waals surface area contributed by atoms with Crippen molar-refractivity contribution in [2.24, 2.45) is 0 Å². The Balaban J connectivity index is 3.66. The molecule has 0 spiro atoms. The minimum atomic E-state index is -1.36. The summed E-state index contributed by atoms with van der Waals surface area (Å²) in [5, 5.41) is 21.6. The maximum Gasteiger partial charge on any atom is 0.335 e. The van der Waals surface area contributed by atoms with E-state index in [2.05, 4.69) is 13.8 Å². The van der Waals surface area contributed by atoms with Crippen molar-refractivity contribution < 1.29 is 24.5 Å². The van der Waals surface area contributed by atoms with Gasteiger partial charge in [0, 0.05) is 0 Å². The number of aliphatic carboxylic acids is 1. The van der Waals surface area contributed by atoms with E-state index in [1.54, 1.807) is 0 Å². The summed E-state index contributed by atoms with van der Waals surface area (Å²) in [6, 6.07) is 0. The van der Waals surface area contributed by atoms with Crippen molar-refractivity contribution in [3.63, 3.8) is 0 Å². The molecule has 5 heteroatoms. The Labute approximate surface area is 255 Å². The van der Waals surface area contributed by atoms with E-state index >= 15 is 0 Å². The molecule has 5 nitrogen and oxygen atoms in total. The SMILES string of the molecule is CCCCCCCCCCCCCCCCC(O)C(=O)OC(CCCCCCCCCCCCCCCC)C(=O)[O-]. The number of aliphatic hydroxyl groups is 1. The molecule has 0 aromatic carbocycles. The summed E-state index contributed by atoms with van der Waals surface area (Å²) >= 11 is 0. The monoisotopic (exact) mass is 582 g/mol. The molecule has 41 heavy (non-hydrogen) atoms. The standard InChI is InChI=1S/C36H70O5/c1-3-5-7-9-11-13-15-17-19-21-23-25-27-29-31-33(37)36(40)41-34(35(38)39)32-30-28-26-24-22-20-18-16-14-12-10-8-6-4-2/h33-34,37H,3-32H2,1-2H3,(H,38,39)/p-1. The third kappa shape index (κ3) is 28.8. The van der Waals surface area contributed by atoms with Gasteiger partial charge in [0.25, 0.3) is 0 Å². The fourth-order valence-corrected chi connectivity index (χ4v) is 5.62. The zero-order valence-corrected chi connectivity index (χ0v) is 27.4. The van der Waals surface area contributed by atoms with Gasteiger partial charge in [-0.15, -0.1) is 0 Å². The van der Waals surface area contributed by atoms with E-state index in [0.717, 1.165) is 32.1 Å². The molecule has 0 aliphatic carbocycles. The fraction of sp³-hybridized carbons (Fsp3) is 0.944. The van der Waals surface area contributed by atoms with Crippen molar-refractivity contribution in [3.8, 4) is 0 Å². The molecule has 0 amide bonds. The number of unbranched alkanes of at least 4 members (excludes halogenated alkanes) is 26. The van der Waals surface area contributed by atoms with Gasteiger partial charge in [-0.2, -0.15) is 0 Å². The molecule has 1 N–H and O–H groups in total. The third-order valence-corrected chi connectivity index (χ3v) is 8.44. The molecule has 0 bridgehead atoms. The van der Waals surface area contributed by atoms with Crippen LogP contribution in [-0.2, 0) is 14.3 Å². The molecule has 0 fully saturated rings. The lowest BCUT2D eigenvalue weighted by Gasteiger charge is -2.20. The smallest absolute Gasteiger partial charge is 0.335 e. The van der Waals surface area contributed by atoms with Crippen LogP contribution in [0.5, 0.6) is 0 Å². The minimum absolute atomic E-state index is 0.262. The van der Waals surface area contributed by atoms with Gasteiger partial charge in [-0.25, -0.2) is 4.79 Å². The van der Waals surface area contributed by atoms with Crippen LogP contribution in [0, 0.1) is 0 Å². The van der Waals surface area contributed by atoms with Crippen molar-refractivity contribution in [1.29, 1.82) is 0 Å². The summed E-state index contributed by atoms with van der Waals surface area (Å²) in [6.45, 7) is 4.51. The van der Waals surface area contributed by atoms with E-state index in [9.17, 15) is 19.8 Å². The molecule has 0 heterocycles. The Morgan fingerprint density at radius 1 is 0.488 bits per heavy atom. The van der Waals surface area contributed by atoms with Crippen LogP contribution in [0.4, 0.5) is 0 Å². The number of carboxylic acids is 1. The summed E-state index contributed by atoms with van der Waals surface area (Å²) in [5.41, 5.74) is 0. The highest BCUT2D eigenvalue weighted by Gasteiger charge is 2.21. The highest BCUT2D eigenvalue weighted by Crippen LogP contribution is 2.16. The zero-order valence-electron chi connectivity index (χ0n) is 27.4. The molecule has 0 aliphatic rings. The molecule has 0 aromatic heterocycles. The maximum absolute atomic E-state index is 12.2. The van der Waals surface area contributed by atoms with Crippen LogP contribution in [0.1, 0.15) is 206 Å². The number of hydrogen-bond donors (Lipinski definition) is 1. The van der Waals surface area contributed by atoms with Gasteiger partial charge in [0.2, 0.25) is 0 Å². The second-order valence-electron chi connectivity index (χ2n) is 12.5. The summed E-state index contributed by atoms with van der Waals surface area (Å²) in [5.74, 6) is -2.18. The van der Waals surface area contributed by atoms with Crippen LogP contribution in [0.3, 0.4) is 0 Å². The second kappa shape index (κ2) is 31.8. The molecular weight excluding hydrogens is 512 g/mol. The lowest BCUT2D eigenvalue weighted by atomic mass is 10.0. The van der Waals surface area contributed by atoms with Gasteiger partial charge in [-0.3, -0.25) is 0 Å². The Kier molecular flexibility index (Phi) is 31.0. The van der Waals surface area contributed by atoms with Crippen LogP contribution in [0.2, 0.25) is 0 Å². The van der Waals surface area contributed by atoms with Gasteiger partial charge in [0.05, 0.1) is 5.97 Å². The van der Waals surface area contributed by atoms with E-state index < -0.39 is 24.1 Å². The number of carbonyl (C=O) groups excluding carboxylic acids is 2. The first-order valence-electron chi connectivity index (χ1n) is 18.1. The van der Waals surface area contributed by atoms with Crippen molar-refractivity contribution in [2.75, 3.05) is 0 Å². The molecule has 0 aliphatic heterocycles. The maximum atomic E-state index is 12.2. The molecule has 2 atom stereocenters. The van der Waals surface area contributed by atoms with Crippen LogP contribution in [0.25, 0.3) is 0 Å². The molecule has 0 saturated heterocycles. The van der Waals surface area contributed by atoms with Gasteiger partial charge >= 0.3 is 5.97 Å². The van der Waals surface area contributed by atoms with Crippen LogP contribution < -0.4 is 5.11 Å². The lowest BCUT2D eigenvalue weighted by Crippen LogP contribution is -2.41. The molecule has 0 saturated carbocycles. The van der Waals surface area contributed by atoms with E-state index in [1.165, 1.54) is 141 Å². The topological polar surface area (TPSA) is 86.7 Å². The van der Waals surface area contributed by atoms with Crippen molar-refractivity contribution >= 4 is 11.9 Å². The van der Waals surface area contributed by atoms with Crippen molar-refractivity contribution in [2.45, 2.75) is 219 Å². The van der Waals surface area contributed by atoms with Crippen molar-refractivity contribution in [1.82, 2.24) is 0 Å². The van der Waals surface area contributed by atoms with Crippen LogP contribution in [-0.4, -0.2) is 29.3 Å². The molecular formula is C36H69O5-. The zero-order chi connectivity index (χ0) is 30.2. The average Bonchev–Trinajstić information content (AvgIpc) is 2.96. The predicted octanol–water partition coefficient (Wildman–Crippen LogP) is 9.75. The van der Waals surface area contributed by atoms with Crippen LogP contribution >= 0.6 is 0 Å². The number of hydrogen-bond acceptors (Lipinski definition) is 5. The number of esters is 1. The first-order valence-corrected chi connectivity index (χ1v) is 18.1. The van der Waals surface area contributed by atoms with Crippen molar-refractivity contribution in [3.05, 3.63) is 0 Å². The number of aliphatic hydroxyl groups excluding tert-OH is 1. The summed E-state index contributed by atoms with van der Waals surface area (Å²) in [6.07, 6.45) is 32.8. The van der Waals surface area contributed by atoms with Crippen LogP contribution in [0.15, 0.2) is 0 Å². The summed E-state index contributed by atoms with van der Waals surface area (Å²) in [7, 11) is 0. The second-order valence-corrected chi connectivity index (χ2v) is 12.5. The van der Waals surface area contributed by atoms with E-state index in [-0.39, 0.29) is 6.42 Å². The number of carboxylic acid groups (broad SMARTS) is 1. The summed E-state index contributed by atoms with van der Waals surface area (Å²) in [4.78, 5) is 23.7. The Morgan fingerprint density at radius 3 is 1.05 bits per heavy atom. The molecule has 0 aromatic rings. The first kappa shape index (κ1) is 39.9. The van der Waals surface area contributed by atoms with Gasteiger partial charge in [-0.1, -0.05) is 187 Å². The van der Waals surface area contributed by atoms with E-state index in [1.807, 2.05) is 0 Å². The fourth-order valence-electron chi connectivity index (χ4n) is 5.62. The quantitative estimate of drug-likeness (QED) is 0.0615. The Morgan fingerprint density at radius 2 is 0.756 bits per heavy atom. The lowest BCUT2D eigenvalue weighted by molar-refractivity contribution is -0.316. The Bertz CT molecular complexity index is 564. The largest absolute Gasteiger partial charge is 0.546 e. The van der Waals surface area contributed by atoms with Gasteiger partial charge in [-0.05, 0) is 19.3 Å². The summed E-state index contributed by atoms with van der Waals surface area (Å²) < 4.78 is 5.11. The van der Waals surface area contributed by atoms with Gasteiger partial charge < -0.3 is 19.7 Å². The normalized spacial score (nSPS) is 12.9. The molecule has 244 valence electrons. The predicted molar refractivity (Wildman–Crippen MR) is 171 cm³/mol. The number of ether oxygens (including phenoxy) is 1. The average molecular weight is 582 g/mol. The highest BCUT2D eigenvalue weighted by molar-refractivity contribution is 5.79. The number of carbonyl (C=O) groups is 2. The number of rotatable bonds is 33. The Hall–Kier alpha value is -1.10. The van der Waals surface area contributed by atoms with E-state index in [0.29, 0.717) is 12.8 Å². The third-order valence-electron chi connectivity index (χ3n) is 8.44. The van der Waals surface area contributed by atoms with Gasteiger partial charge in [0.1, 0.15) is 6.10 Å². The first-order chi connectivity index (χ1) is 20.0.